The van der Waals surface area contributed by atoms with E-state index in [1.165, 1.54) is 23.1 Å². The molecule has 0 spiro atoms. The van der Waals surface area contributed by atoms with Crippen molar-refractivity contribution in [2.24, 2.45) is 0 Å². The van der Waals surface area contributed by atoms with E-state index in [2.05, 4.69) is 4.98 Å². The molecule has 0 aliphatic carbocycles. The van der Waals surface area contributed by atoms with Crippen molar-refractivity contribution in [1.29, 1.82) is 0 Å². The SMILES string of the molecule is CCOC(=O)c1c(C)[nH]c(C(=O)C(=O)N2C[C@@H](C)O[C@H](C)C2)c1-c1ccccc1F. The molecule has 2 atom stereocenters. The van der Waals surface area contributed by atoms with Crippen LogP contribution < -0.4 is 0 Å². The number of esters is 1. The zero-order valence-electron chi connectivity index (χ0n) is 17.5. The number of morpholine rings is 1. The number of ether oxygens (including phenoxy) is 2. The van der Waals surface area contributed by atoms with Crippen LogP contribution in [0.25, 0.3) is 11.1 Å². The standard InChI is InChI=1S/C22H25FN2O5/c1-5-29-22(28)17-14(4)24-19(18(17)15-8-6-7-9-16(15)23)20(26)21(27)25-10-12(2)30-13(3)11-25/h6-9,12-13,24H,5,10-11H2,1-4H3/t12-,13-/m1/s1. The Balaban J connectivity index is 2.09. The van der Waals surface area contributed by atoms with Crippen LogP contribution >= 0.6 is 0 Å². The van der Waals surface area contributed by atoms with Gasteiger partial charge in [0.15, 0.2) is 0 Å². The van der Waals surface area contributed by atoms with Gasteiger partial charge < -0.3 is 19.4 Å². The molecule has 1 fully saturated rings. The molecule has 0 unspecified atom stereocenters. The van der Waals surface area contributed by atoms with Gasteiger partial charge in [-0.1, -0.05) is 18.2 Å². The van der Waals surface area contributed by atoms with Crippen molar-refractivity contribution < 1.29 is 28.2 Å². The second kappa shape index (κ2) is 8.79. The average molecular weight is 416 g/mol. The van der Waals surface area contributed by atoms with Crippen LogP contribution in [0, 0.1) is 12.7 Å². The van der Waals surface area contributed by atoms with Gasteiger partial charge in [-0.15, -0.1) is 0 Å². The molecular formula is C22H25FN2O5. The molecule has 0 radical (unpaired) electrons. The monoisotopic (exact) mass is 416 g/mol. The summed E-state index contributed by atoms with van der Waals surface area (Å²) in [6.45, 7) is 7.54. The third-order valence-electron chi connectivity index (χ3n) is 4.94. The Morgan fingerprint density at radius 2 is 1.83 bits per heavy atom. The second-order valence-electron chi connectivity index (χ2n) is 7.37. The van der Waals surface area contributed by atoms with Crippen LogP contribution in [0.4, 0.5) is 4.39 Å². The van der Waals surface area contributed by atoms with Crippen molar-refractivity contribution in [3.05, 3.63) is 47.0 Å². The van der Waals surface area contributed by atoms with Gasteiger partial charge in [-0.2, -0.15) is 0 Å². The number of aromatic nitrogens is 1. The average Bonchev–Trinajstić information content (AvgIpc) is 3.03. The van der Waals surface area contributed by atoms with E-state index >= 15 is 0 Å². The van der Waals surface area contributed by atoms with Gasteiger partial charge in [0.2, 0.25) is 0 Å². The van der Waals surface area contributed by atoms with Crippen molar-refractivity contribution in [3.8, 4) is 11.1 Å². The van der Waals surface area contributed by atoms with E-state index in [1.807, 2.05) is 13.8 Å². The lowest BCUT2D eigenvalue weighted by Gasteiger charge is -2.34. The number of nitrogens with zero attached hydrogens (tertiary/aromatic N) is 1. The number of halogens is 1. The number of H-pyrrole nitrogens is 1. The Labute approximate surface area is 174 Å². The first-order valence-corrected chi connectivity index (χ1v) is 9.88. The third kappa shape index (κ3) is 4.14. The molecule has 7 nitrogen and oxygen atoms in total. The van der Waals surface area contributed by atoms with Crippen LogP contribution in [0.2, 0.25) is 0 Å². The maximum absolute atomic E-state index is 14.6. The van der Waals surface area contributed by atoms with Crippen LogP contribution in [-0.2, 0) is 14.3 Å². The first-order chi connectivity index (χ1) is 14.2. The summed E-state index contributed by atoms with van der Waals surface area (Å²) in [5, 5.41) is 0. The van der Waals surface area contributed by atoms with E-state index in [-0.39, 0.29) is 54.3 Å². The van der Waals surface area contributed by atoms with Crippen LogP contribution in [0.1, 0.15) is 47.3 Å². The normalized spacial score (nSPS) is 18.9. The predicted octanol–water partition coefficient (Wildman–Crippen LogP) is 3.12. The number of benzene rings is 1. The van der Waals surface area contributed by atoms with Gasteiger partial charge in [-0.25, -0.2) is 9.18 Å². The van der Waals surface area contributed by atoms with Crippen molar-refractivity contribution in [1.82, 2.24) is 9.88 Å². The lowest BCUT2D eigenvalue weighted by Crippen LogP contribution is -2.50. The van der Waals surface area contributed by atoms with Crippen molar-refractivity contribution in [3.63, 3.8) is 0 Å². The summed E-state index contributed by atoms with van der Waals surface area (Å²) in [6, 6.07) is 5.79. The summed E-state index contributed by atoms with van der Waals surface area (Å²) in [6.07, 6.45) is -0.422. The lowest BCUT2D eigenvalue weighted by atomic mass is 9.97. The van der Waals surface area contributed by atoms with Gasteiger partial charge in [-0.05, 0) is 33.8 Å². The van der Waals surface area contributed by atoms with Crippen LogP contribution in [0.3, 0.4) is 0 Å². The van der Waals surface area contributed by atoms with Crippen LogP contribution in [0.5, 0.6) is 0 Å². The number of rotatable bonds is 5. The molecule has 30 heavy (non-hydrogen) atoms. The van der Waals surface area contributed by atoms with Gasteiger partial charge >= 0.3 is 5.97 Å². The molecule has 8 heteroatoms. The van der Waals surface area contributed by atoms with Gasteiger partial charge in [-0.3, -0.25) is 9.59 Å². The molecule has 1 N–H and O–H groups in total. The number of amides is 1. The number of aryl methyl sites for hydroxylation is 1. The predicted molar refractivity (Wildman–Crippen MR) is 108 cm³/mol. The van der Waals surface area contributed by atoms with Crippen molar-refractivity contribution >= 4 is 17.7 Å². The maximum Gasteiger partial charge on any atom is 0.340 e. The van der Waals surface area contributed by atoms with Gasteiger partial charge in [0.25, 0.3) is 11.7 Å². The Morgan fingerprint density at radius 3 is 2.43 bits per heavy atom. The zero-order chi connectivity index (χ0) is 22.0. The number of carbonyl (C=O) groups is 3. The highest BCUT2D eigenvalue weighted by molar-refractivity contribution is 6.43. The van der Waals surface area contributed by atoms with Crippen LogP contribution in [-0.4, -0.2) is 59.4 Å². The number of hydrogen-bond acceptors (Lipinski definition) is 5. The van der Waals surface area contributed by atoms with E-state index in [0.717, 1.165) is 0 Å². The first kappa shape index (κ1) is 21.7. The summed E-state index contributed by atoms with van der Waals surface area (Å²) in [7, 11) is 0. The molecule has 1 amide bonds. The lowest BCUT2D eigenvalue weighted by molar-refractivity contribution is -0.138. The van der Waals surface area contributed by atoms with Gasteiger partial charge in [0, 0.05) is 29.9 Å². The third-order valence-corrected chi connectivity index (χ3v) is 4.94. The maximum atomic E-state index is 14.6. The highest BCUT2D eigenvalue weighted by Crippen LogP contribution is 2.33. The fourth-order valence-electron chi connectivity index (χ4n) is 3.78. The second-order valence-corrected chi connectivity index (χ2v) is 7.37. The summed E-state index contributed by atoms with van der Waals surface area (Å²) < 4.78 is 25.3. The molecule has 3 rings (SSSR count). The summed E-state index contributed by atoms with van der Waals surface area (Å²) in [4.78, 5) is 43.0. The minimum atomic E-state index is -0.840. The molecule has 2 heterocycles. The van der Waals surface area contributed by atoms with E-state index in [0.29, 0.717) is 5.69 Å². The highest BCUT2D eigenvalue weighted by Gasteiger charge is 2.35. The molecule has 1 aromatic carbocycles. The first-order valence-electron chi connectivity index (χ1n) is 9.88. The van der Waals surface area contributed by atoms with E-state index in [1.54, 1.807) is 19.9 Å². The smallest absolute Gasteiger partial charge is 0.340 e. The minimum absolute atomic E-state index is 0.0387. The van der Waals surface area contributed by atoms with E-state index in [4.69, 9.17) is 9.47 Å². The number of ketones is 1. The fraction of sp³-hybridized carbons (Fsp3) is 0.409. The summed E-state index contributed by atoms with van der Waals surface area (Å²) in [5.74, 6) is -2.87. The molecule has 2 aromatic rings. The molecule has 0 bridgehead atoms. The number of carbonyl (C=O) groups excluding carboxylic acids is 3. The zero-order valence-corrected chi connectivity index (χ0v) is 17.5. The van der Waals surface area contributed by atoms with Crippen molar-refractivity contribution in [2.75, 3.05) is 19.7 Å². The van der Waals surface area contributed by atoms with Crippen LogP contribution in [0.15, 0.2) is 24.3 Å². The number of hydrogen-bond donors (Lipinski definition) is 1. The number of nitrogens with one attached hydrogen (secondary N) is 1. The highest BCUT2D eigenvalue weighted by atomic mass is 19.1. The van der Waals surface area contributed by atoms with E-state index < -0.39 is 23.5 Å². The molecule has 1 aliphatic heterocycles. The quantitative estimate of drug-likeness (QED) is 0.460. The molecule has 1 saturated heterocycles. The Bertz CT molecular complexity index is 974. The molecule has 1 aromatic heterocycles. The van der Waals surface area contributed by atoms with E-state index in [9.17, 15) is 18.8 Å². The Hall–Kier alpha value is -3.00. The molecule has 1 aliphatic rings. The minimum Gasteiger partial charge on any atom is -0.462 e. The van der Waals surface area contributed by atoms with Gasteiger partial charge in [0.05, 0.1) is 24.4 Å². The largest absolute Gasteiger partial charge is 0.462 e. The Kier molecular flexibility index (Phi) is 6.36. The van der Waals surface area contributed by atoms with Crippen molar-refractivity contribution in [2.45, 2.75) is 39.9 Å². The summed E-state index contributed by atoms with van der Waals surface area (Å²) in [5.41, 5.74) is 0.326. The van der Waals surface area contributed by atoms with Gasteiger partial charge in [0.1, 0.15) is 11.5 Å². The fourth-order valence-corrected chi connectivity index (χ4v) is 3.78. The topological polar surface area (TPSA) is 88.7 Å². The number of aromatic amines is 1. The molecule has 0 saturated carbocycles. The number of Topliss-reactive ketones (excluding diaryl/α,β-unsaturated/α-hetero) is 1. The molecular weight excluding hydrogens is 391 g/mol. The Morgan fingerprint density at radius 1 is 1.20 bits per heavy atom. The molecule has 160 valence electrons. The summed E-state index contributed by atoms with van der Waals surface area (Å²) >= 11 is 0.